The SMILES string of the molecule is CCCNC(c1c(C)c(C)c(C)c(C)c1C)C1CCCC1. The normalized spacial score (nSPS) is 17.4. The van der Waals surface area contributed by atoms with Crippen LogP contribution >= 0.6 is 0 Å². The average Bonchev–Trinajstić information content (AvgIpc) is 3.00. The molecule has 0 heterocycles. The number of rotatable bonds is 5. The Morgan fingerprint density at radius 1 is 0.857 bits per heavy atom. The van der Waals surface area contributed by atoms with Crippen molar-refractivity contribution >= 4 is 0 Å². The maximum absolute atomic E-state index is 3.88. The predicted octanol–water partition coefficient (Wildman–Crippen LogP) is 5.46. The molecule has 1 fully saturated rings. The van der Waals surface area contributed by atoms with E-state index in [1.165, 1.54) is 59.9 Å². The van der Waals surface area contributed by atoms with E-state index in [1.807, 2.05) is 0 Å². The molecule has 1 aromatic carbocycles. The van der Waals surface area contributed by atoms with Gasteiger partial charge in [-0.2, -0.15) is 0 Å². The summed E-state index contributed by atoms with van der Waals surface area (Å²) < 4.78 is 0. The van der Waals surface area contributed by atoms with Crippen LogP contribution in [-0.4, -0.2) is 6.54 Å². The van der Waals surface area contributed by atoms with Crippen LogP contribution in [0.1, 0.15) is 78.5 Å². The molecule has 1 nitrogen and oxygen atoms in total. The first-order valence-electron chi connectivity index (χ1n) is 8.79. The smallest absolute Gasteiger partial charge is 0.0354 e. The molecule has 0 aromatic heterocycles. The molecule has 1 N–H and O–H groups in total. The first kappa shape index (κ1) is 16.5. The second-order valence-electron chi connectivity index (χ2n) is 7.02. The van der Waals surface area contributed by atoms with Gasteiger partial charge in [0.15, 0.2) is 0 Å². The summed E-state index contributed by atoms with van der Waals surface area (Å²) in [6.07, 6.45) is 6.83. The maximum atomic E-state index is 3.88. The molecule has 1 aliphatic carbocycles. The lowest BCUT2D eigenvalue weighted by atomic mass is 9.81. The van der Waals surface area contributed by atoms with Crippen molar-refractivity contribution in [3.8, 4) is 0 Å². The Morgan fingerprint density at radius 2 is 1.33 bits per heavy atom. The zero-order chi connectivity index (χ0) is 15.6. The molecule has 1 heteroatoms. The van der Waals surface area contributed by atoms with Crippen LogP contribution in [0.3, 0.4) is 0 Å². The van der Waals surface area contributed by atoms with E-state index in [9.17, 15) is 0 Å². The van der Waals surface area contributed by atoms with Crippen LogP contribution in [0.25, 0.3) is 0 Å². The first-order chi connectivity index (χ1) is 9.99. The van der Waals surface area contributed by atoms with E-state index < -0.39 is 0 Å². The molecule has 1 saturated carbocycles. The Kier molecular flexibility index (Phi) is 5.48. The number of hydrogen-bond donors (Lipinski definition) is 1. The van der Waals surface area contributed by atoms with Gasteiger partial charge in [-0.15, -0.1) is 0 Å². The molecule has 0 radical (unpaired) electrons. The van der Waals surface area contributed by atoms with Crippen molar-refractivity contribution in [1.29, 1.82) is 0 Å². The zero-order valence-corrected chi connectivity index (χ0v) is 14.9. The van der Waals surface area contributed by atoms with Crippen molar-refractivity contribution in [2.45, 2.75) is 79.7 Å². The minimum Gasteiger partial charge on any atom is -0.310 e. The summed E-state index contributed by atoms with van der Waals surface area (Å²) in [6.45, 7) is 14.9. The van der Waals surface area contributed by atoms with Crippen molar-refractivity contribution in [3.05, 3.63) is 33.4 Å². The van der Waals surface area contributed by atoms with E-state index in [1.54, 1.807) is 5.56 Å². The van der Waals surface area contributed by atoms with Crippen LogP contribution in [0.4, 0.5) is 0 Å². The zero-order valence-electron chi connectivity index (χ0n) is 14.9. The van der Waals surface area contributed by atoms with Crippen LogP contribution in [0.5, 0.6) is 0 Å². The van der Waals surface area contributed by atoms with Gasteiger partial charge in [0, 0.05) is 6.04 Å². The summed E-state index contributed by atoms with van der Waals surface area (Å²) in [5.74, 6) is 0.829. The largest absolute Gasteiger partial charge is 0.310 e. The first-order valence-corrected chi connectivity index (χ1v) is 8.79. The molecular formula is C20H33N. The van der Waals surface area contributed by atoms with Gasteiger partial charge in [-0.1, -0.05) is 19.8 Å². The molecule has 0 bridgehead atoms. The van der Waals surface area contributed by atoms with Crippen LogP contribution < -0.4 is 5.32 Å². The number of benzene rings is 1. The van der Waals surface area contributed by atoms with Crippen molar-refractivity contribution < 1.29 is 0 Å². The minimum atomic E-state index is 0.561. The van der Waals surface area contributed by atoms with E-state index >= 15 is 0 Å². The highest BCUT2D eigenvalue weighted by molar-refractivity contribution is 5.51. The van der Waals surface area contributed by atoms with Gasteiger partial charge in [0.25, 0.3) is 0 Å². The Balaban J connectivity index is 2.48. The van der Waals surface area contributed by atoms with Crippen molar-refractivity contribution in [2.24, 2.45) is 5.92 Å². The third kappa shape index (κ3) is 3.18. The van der Waals surface area contributed by atoms with Crippen LogP contribution in [-0.2, 0) is 0 Å². The lowest BCUT2D eigenvalue weighted by molar-refractivity contribution is 0.365. The van der Waals surface area contributed by atoms with E-state index in [2.05, 4.69) is 46.9 Å². The lowest BCUT2D eigenvalue weighted by Gasteiger charge is -2.31. The topological polar surface area (TPSA) is 12.0 Å². The highest BCUT2D eigenvalue weighted by atomic mass is 14.9. The van der Waals surface area contributed by atoms with E-state index in [0.29, 0.717) is 6.04 Å². The standard InChI is InChI=1S/C20H33N/c1-7-12-21-20(18-10-8-9-11-18)19-16(5)14(3)13(2)15(4)17(19)6/h18,20-21H,7-12H2,1-6H3. The van der Waals surface area contributed by atoms with Gasteiger partial charge in [0.1, 0.15) is 0 Å². The Morgan fingerprint density at radius 3 is 1.81 bits per heavy atom. The van der Waals surface area contributed by atoms with E-state index in [-0.39, 0.29) is 0 Å². The van der Waals surface area contributed by atoms with E-state index in [4.69, 9.17) is 0 Å². The van der Waals surface area contributed by atoms with E-state index in [0.717, 1.165) is 12.5 Å². The predicted molar refractivity (Wildman–Crippen MR) is 93.1 cm³/mol. The Hall–Kier alpha value is -0.820. The highest BCUT2D eigenvalue weighted by Crippen LogP contribution is 2.40. The van der Waals surface area contributed by atoms with Gasteiger partial charge in [-0.05, 0) is 99.7 Å². The summed E-state index contributed by atoms with van der Waals surface area (Å²) in [4.78, 5) is 0. The lowest BCUT2D eigenvalue weighted by Crippen LogP contribution is -2.29. The van der Waals surface area contributed by atoms with Crippen molar-refractivity contribution in [2.75, 3.05) is 6.54 Å². The molecule has 0 amide bonds. The summed E-state index contributed by atoms with van der Waals surface area (Å²) in [6, 6.07) is 0.561. The monoisotopic (exact) mass is 287 g/mol. The average molecular weight is 287 g/mol. The molecule has 1 aromatic rings. The molecule has 118 valence electrons. The number of hydrogen-bond acceptors (Lipinski definition) is 1. The molecule has 1 unspecified atom stereocenters. The maximum Gasteiger partial charge on any atom is 0.0354 e. The number of nitrogens with one attached hydrogen (secondary N) is 1. The van der Waals surface area contributed by atoms with Gasteiger partial charge in [-0.25, -0.2) is 0 Å². The summed E-state index contributed by atoms with van der Waals surface area (Å²) in [5.41, 5.74) is 9.13. The Bertz CT molecular complexity index is 466. The molecule has 1 atom stereocenters. The molecule has 0 aliphatic heterocycles. The third-order valence-electron chi connectivity index (χ3n) is 5.85. The minimum absolute atomic E-state index is 0.561. The van der Waals surface area contributed by atoms with Gasteiger partial charge >= 0.3 is 0 Å². The highest BCUT2D eigenvalue weighted by Gasteiger charge is 2.29. The summed E-state index contributed by atoms with van der Waals surface area (Å²) in [5, 5.41) is 3.88. The van der Waals surface area contributed by atoms with Gasteiger partial charge < -0.3 is 5.32 Å². The van der Waals surface area contributed by atoms with Gasteiger partial charge in [-0.3, -0.25) is 0 Å². The molecular weight excluding hydrogens is 254 g/mol. The molecule has 1 aliphatic rings. The molecule has 0 spiro atoms. The van der Waals surface area contributed by atoms with Crippen molar-refractivity contribution in [1.82, 2.24) is 5.32 Å². The molecule has 21 heavy (non-hydrogen) atoms. The Labute approximate surface area is 131 Å². The van der Waals surface area contributed by atoms with Gasteiger partial charge in [0.2, 0.25) is 0 Å². The second-order valence-corrected chi connectivity index (χ2v) is 7.02. The fourth-order valence-corrected chi connectivity index (χ4v) is 4.09. The fraction of sp³-hybridized carbons (Fsp3) is 0.700. The van der Waals surface area contributed by atoms with Crippen LogP contribution in [0.15, 0.2) is 0 Å². The van der Waals surface area contributed by atoms with Crippen LogP contribution in [0, 0.1) is 40.5 Å². The fourth-order valence-electron chi connectivity index (χ4n) is 4.09. The van der Waals surface area contributed by atoms with Crippen LogP contribution in [0.2, 0.25) is 0 Å². The molecule has 2 rings (SSSR count). The summed E-state index contributed by atoms with van der Waals surface area (Å²) >= 11 is 0. The second kappa shape index (κ2) is 6.96. The quantitative estimate of drug-likeness (QED) is 0.758. The third-order valence-corrected chi connectivity index (χ3v) is 5.85. The summed E-state index contributed by atoms with van der Waals surface area (Å²) in [7, 11) is 0. The van der Waals surface area contributed by atoms with Gasteiger partial charge in [0.05, 0.1) is 0 Å². The molecule has 0 saturated heterocycles. The van der Waals surface area contributed by atoms with Crippen molar-refractivity contribution in [3.63, 3.8) is 0 Å².